The number of aromatic hydroxyl groups is 1. The fraction of sp³-hybridized carbons (Fsp3) is 0.179. The van der Waals surface area contributed by atoms with Crippen molar-refractivity contribution in [1.82, 2.24) is 9.29 Å². The average Bonchev–Trinajstić information content (AvgIpc) is 2.89. The number of esters is 1. The van der Waals surface area contributed by atoms with Crippen LogP contribution < -0.4 is 10.3 Å². The van der Waals surface area contributed by atoms with E-state index >= 15 is 0 Å². The fourth-order valence-electron chi connectivity index (χ4n) is 3.92. The minimum Gasteiger partial charge on any atom is -0.494 e. The number of hydrogen-bond donors (Lipinski definition) is 2. The normalized spacial score (nSPS) is 11.9. The predicted octanol–water partition coefficient (Wildman–Crippen LogP) is 4.31. The van der Waals surface area contributed by atoms with Gasteiger partial charge < -0.3 is 9.84 Å². The van der Waals surface area contributed by atoms with E-state index in [4.69, 9.17) is 4.74 Å². The van der Waals surface area contributed by atoms with Crippen molar-refractivity contribution in [2.75, 3.05) is 6.61 Å². The Kier molecular flexibility index (Phi) is 7.75. The van der Waals surface area contributed by atoms with Gasteiger partial charge in [-0.25, -0.2) is 22.5 Å². The molecule has 0 aliphatic rings. The van der Waals surface area contributed by atoms with E-state index in [-0.39, 0.29) is 23.4 Å². The molecular weight excluding hydrogens is 506 g/mol. The van der Waals surface area contributed by atoms with Gasteiger partial charge in [0.25, 0.3) is 5.56 Å². The molecular formula is C28H27N3O6S. The standard InChI is InChI=1S/C28H27N3O6S/c1-4-37-28(34)19-9-13-21(14-10-19)31-26(32)24-8-6-5-7-23(24)25(27(31)33)17-29-20-11-15-22(16-12-20)38(35,36)30-18(2)3/h5-18,30,33H,4H2,1-3H3. The van der Waals surface area contributed by atoms with Crippen LogP contribution in [0.4, 0.5) is 5.69 Å². The Hall–Kier alpha value is -4.28. The molecule has 4 aromatic rings. The van der Waals surface area contributed by atoms with Crippen molar-refractivity contribution >= 4 is 38.7 Å². The zero-order valence-corrected chi connectivity index (χ0v) is 21.9. The highest BCUT2D eigenvalue weighted by atomic mass is 32.2. The summed E-state index contributed by atoms with van der Waals surface area (Å²) in [4.78, 5) is 29.8. The van der Waals surface area contributed by atoms with E-state index in [0.717, 1.165) is 4.57 Å². The highest BCUT2D eigenvalue weighted by Crippen LogP contribution is 2.27. The van der Waals surface area contributed by atoms with Crippen LogP contribution in [0.2, 0.25) is 0 Å². The minimum atomic E-state index is -3.64. The lowest BCUT2D eigenvalue weighted by atomic mass is 10.1. The molecule has 0 atom stereocenters. The van der Waals surface area contributed by atoms with Crippen molar-refractivity contribution in [3.05, 3.63) is 94.3 Å². The van der Waals surface area contributed by atoms with Gasteiger partial charge in [-0.15, -0.1) is 0 Å². The minimum absolute atomic E-state index is 0.110. The summed E-state index contributed by atoms with van der Waals surface area (Å²) < 4.78 is 33.4. The number of ether oxygens (including phenoxy) is 1. The van der Waals surface area contributed by atoms with Gasteiger partial charge in [-0.05, 0) is 75.4 Å². The van der Waals surface area contributed by atoms with Crippen molar-refractivity contribution < 1.29 is 23.1 Å². The number of fused-ring (bicyclic) bond motifs is 1. The lowest BCUT2D eigenvalue weighted by Crippen LogP contribution is -2.30. The number of aromatic nitrogens is 1. The molecule has 1 heterocycles. The highest BCUT2D eigenvalue weighted by molar-refractivity contribution is 7.89. The number of carbonyl (C=O) groups is 1. The molecule has 38 heavy (non-hydrogen) atoms. The Morgan fingerprint density at radius 3 is 2.26 bits per heavy atom. The third-order valence-corrected chi connectivity index (χ3v) is 7.30. The van der Waals surface area contributed by atoms with Crippen molar-refractivity contribution in [2.45, 2.75) is 31.7 Å². The fourth-order valence-corrected chi connectivity index (χ4v) is 5.17. The van der Waals surface area contributed by atoms with Crippen molar-refractivity contribution in [1.29, 1.82) is 0 Å². The van der Waals surface area contributed by atoms with Crippen LogP contribution in [-0.4, -0.2) is 42.9 Å². The van der Waals surface area contributed by atoms with Crippen LogP contribution in [0.15, 0.2) is 87.5 Å². The average molecular weight is 534 g/mol. The van der Waals surface area contributed by atoms with E-state index in [1.54, 1.807) is 69.3 Å². The second-order valence-electron chi connectivity index (χ2n) is 8.72. The summed E-state index contributed by atoms with van der Waals surface area (Å²) in [5.74, 6) is -0.817. The maximum Gasteiger partial charge on any atom is 0.338 e. The lowest BCUT2D eigenvalue weighted by molar-refractivity contribution is 0.0526. The van der Waals surface area contributed by atoms with Crippen LogP contribution in [0.3, 0.4) is 0 Å². The summed E-state index contributed by atoms with van der Waals surface area (Å²) in [5, 5.41) is 12.1. The van der Waals surface area contributed by atoms with Crippen LogP contribution >= 0.6 is 0 Å². The Bertz CT molecular complexity index is 1670. The number of sulfonamides is 1. The Morgan fingerprint density at radius 1 is 1.03 bits per heavy atom. The Labute approximate surface area is 220 Å². The van der Waals surface area contributed by atoms with Crippen molar-refractivity contribution in [3.8, 4) is 11.6 Å². The molecule has 0 saturated heterocycles. The van der Waals surface area contributed by atoms with E-state index in [1.807, 2.05) is 0 Å². The number of benzene rings is 3. The Morgan fingerprint density at radius 2 is 1.66 bits per heavy atom. The molecule has 9 nitrogen and oxygen atoms in total. The second kappa shape index (κ2) is 11.0. The van der Waals surface area contributed by atoms with Gasteiger partial charge in [-0.3, -0.25) is 9.79 Å². The molecule has 0 bridgehead atoms. The summed E-state index contributed by atoms with van der Waals surface area (Å²) in [6.07, 6.45) is 1.43. The first-order valence-electron chi connectivity index (χ1n) is 11.9. The van der Waals surface area contributed by atoms with Crippen LogP contribution in [0.25, 0.3) is 16.5 Å². The third kappa shape index (κ3) is 5.51. The van der Waals surface area contributed by atoms with Crippen LogP contribution in [0.5, 0.6) is 5.88 Å². The van der Waals surface area contributed by atoms with Gasteiger partial charge in [-0.2, -0.15) is 0 Å². The molecule has 0 unspecified atom stereocenters. The molecule has 4 rings (SSSR count). The topological polar surface area (TPSA) is 127 Å². The van der Waals surface area contributed by atoms with Crippen LogP contribution in [0.1, 0.15) is 36.7 Å². The van der Waals surface area contributed by atoms with E-state index in [9.17, 15) is 23.1 Å². The Balaban J connectivity index is 1.76. The van der Waals surface area contributed by atoms with Gasteiger partial charge >= 0.3 is 5.97 Å². The van der Waals surface area contributed by atoms with Gasteiger partial charge in [0, 0.05) is 23.0 Å². The van der Waals surface area contributed by atoms with Gasteiger partial charge in [0.05, 0.1) is 34.0 Å². The number of hydrogen-bond acceptors (Lipinski definition) is 7. The quantitative estimate of drug-likeness (QED) is 0.257. The lowest BCUT2D eigenvalue weighted by Gasteiger charge is -2.14. The molecule has 0 saturated carbocycles. The summed E-state index contributed by atoms with van der Waals surface area (Å²) in [6, 6.07) is 18.7. The number of nitrogens with one attached hydrogen (secondary N) is 1. The summed E-state index contributed by atoms with van der Waals surface area (Å²) in [7, 11) is -3.64. The first-order chi connectivity index (χ1) is 18.1. The van der Waals surface area contributed by atoms with Gasteiger partial charge in [0.1, 0.15) is 0 Å². The highest BCUT2D eigenvalue weighted by Gasteiger charge is 2.18. The summed E-state index contributed by atoms with van der Waals surface area (Å²) in [5.41, 5.74) is 0.987. The molecule has 3 aromatic carbocycles. The first-order valence-corrected chi connectivity index (χ1v) is 13.4. The molecule has 0 aliphatic carbocycles. The van der Waals surface area contributed by atoms with E-state index in [1.165, 1.54) is 30.5 Å². The second-order valence-corrected chi connectivity index (χ2v) is 10.4. The third-order valence-electron chi connectivity index (χ3n) is 5.62. The van der Waals surface area contributed by atoms with Gasteiger partial charge in [0.2, 0.25) is 15.9 Å². The van der Waals surface area contributed by atoms with Crippen molar-refractivity contribution in [3.63, 3.8) is 0 Å². The molecule has 0 radical (unpaired) electrons. The van der Waals surface area contributed by atoms with Crippen LogP contribution in [0, 0.1) is 0 Å². The number of aliphatic imine (C=N–C) groups is 1. The molecule has 0 aliphatic heterocycles. The number of carbonyl (C=O) groups excluding carboxylic acids is 1. The maximum atomic E-state index is 13.3. The zero-order chi connectivity index (χ0) is 27.4. The molecule has 0 amide bonds. The molecule has 196 valence electrons. The summed E-state index contributed by atoms with van der Waals surface area (Å²) in [6.45, 7) is 5.42. The number of rotatable bonds is 8. The largest absolute Gasteiger partial charge is 0.494 e. The predicted molar refractivity (Wildman–Crippen MR) is 146 cm³/mol. The molecule has 0 spiro atoms. The van der Waals surface area contributed by atoms with E-state index < -0.39 is 21.6 Å². The molecule has 1 aromatic heterocycles. The summed E-state index contributed by atoms with van der Waals surface area (Å²) >= 11 is 0. The van der Waals surface area contributed by atoms with Crippen LogP contribution in [-0.2, 0) is 14.8 Å². The van der Waals surface area contributed by atoms with Gasteiger partial charge in [-0.1, -0.05) is 18.2 Å². The maximum absolute atomic E-state index is 13.3. The van der Waals surface area contributed by atoms with E-state index in [2.05, 4.69) is 9.71 Å². The molecule has 10 heteroatoms. The monoisotopic (exact) mass is 533 g/mol. The van der Waals surface area contributed by atoms with Gasteiger partial charge in [0.15, 0.2) is 0 Å². The van der Waals surface area contributed by atoms with Crippen molar-refractivity contribution in [2.24, 2.45) is 4.99 Å². The smallest absolute Gasteiger partial charge is 0.338 e. The molecule has 2 N–H and O–H groups in total. The van der Waals surface area contributed by atoms with E-state index in [0.29, 0.717) is 33.3 Å². The molecule has 0 fully saturated rings. The number of nitrogens with zero attached hydrogens (tertiary/aromatic N) is 2. The first kappa shape index (κ1) is 26.8. The SMILES string of the molecule is CCOC(=O)c1ccc(-n2c(O)c(C=Nc3ccc(S(=O)(=O)NC(C)C)cc3)c3ccccc3c2=O)cc1. The number of pyridine rings is 1. The zero-order valence-electron chi connectivity index (χ0n) is 21.1.